The highest BCUT2D eigenvalue weighted by Gasteiger charge is 2.20. The fraction of sp³-hybridized carbons (Fsp3) is 0.571. The van der Waals surface area contributed by atoms with Gasteiger partial charge in [-0.2, -0.15) is 0 Å². The number of nitrogens with two attached hydrogens (primary N) is 1. The lowest BCUT2D eigenvalue weighted by atomic mass is 9.89. The minimum atomic E-state index is -3.40. The summed E-state index contributed by atoms with van der Waals surface area (Å²) in [5.74, 6) is 0.555. The number of ether oxygens (including phenoxy) is 1. The molecule has 2 N–H and O–H groups in total. The lowest BCUT2D eigenvalue weighted by molar-refractivity contribution is 0.161. The van der Waals surface area contributed by atoms with Crippen molar-refractivity contribution in [2.24, 2.45) is 10.6 Å². The van der Waals surface area contributed by atoms with E-state index in [9.17, 15) is 8.42 Å². The normalized spacial score (nSPS) is 12.7. The second kappa shape index (κ2) is 6.21. The van der Waals surface area contributed by atoms with Crippen molar-refractivity contribution < 1.29 is 13.2 Å². The maximum atomic E-state index is 11.0. The van der Waals surface area contributed by atoms with Crippen molar-refractivity contribution in [2.45, 2.75) is 33.6 Å². The van der Waals surface area contributed by atoms with Crippen LogP contribution in [-0.2, 0) is 10.0 Å². The summed E-state index contributed by atoms with van der Waals surface area (Å²) >= 11 is 0. The molecule has 2 aromatic rings. The number of aryl methyl sites for hydroxylation is 1. The van der Waals surface area contributed by atoms with E-state index in [1.165, 1.54) is 0 Å². The van der Waals surface area contributed by atoms with Crippen LogP contribution in [0.15, 0.2) is 18.5 Å². The smallest absolute Gasteiger partial charge is 0.234 e. The van der Waals surface area contributed by atoms with E-state index in [1.807, 2.05) is 26.8 Å². The largest absolute Gasteiger partial charge is 0.476 e. The Kier molecular flexibility index (Phi) is 4.72. The third kappa shape index (κ3) is 4.67. The number of primary sulfonamides is 1. The Hall–Kier alpha value is -1.67. The molecule has 0 amide bonds. The van der Waals surface area contributed by atoms with Gasteiger partial charge in [-0.05, 0) is 31.2 Å². The summed E-state index contributed by atoms with van der Waals surface area (Å²) in [7, 11) is -3.40. The van der Waals surface area contributed by atoms with Gasteiger partial charge in [0, 0.05) is 18.0 Å². The van der Waals surface area contributed by atoms with Crippen LogP contribution in [0.25, 0.3) is 5.65 Å². The SMILES string of the molecule is Cc1cc2nccn2nc1OCC(C)(C)CCCS(N)(=O)=O. The lowest BCUT2D eigenvalue weighted by Gasteiger charge is -2.24. The number of rotatable bonds is 7. The molecule has 0 fully saturated rings. The maximum absolute atomic E-state index is 11.0. The molecular weight excluding hydrogens is 304 g/mol. The molecular formula is C14H22N4O3S. The van der Waals surface area contributed by atoms with Crippen LogP contribution in [0.4, 0.5) is 0 Å². The fourth-order valence-corrected chi connectivity index (χ4v) is 2.71. The van der Waals surface area contributed by atoms with Crippen LogP contribution in [0.2, 0.25) is 0 Å². The van der Waals surface area contributed by atoms with Gasteiger partial charge in [-0.1, -0.05) is 13.8 Å². The molecule has 0 spiro atoms. The Morgan fingerprint density at radius 3 is 2.82 bits per heavy atom. The summed E-state index contributed by atoms with van der Waals surface area (Å²) in [6.07, 6.45) is 4.67. The van der Waals surface area contributed by atoms with Gasteiger partial charge in [0.15, 0.2) is 5.65 Å². The molecule has 0 aliphatic heterocycles. The molecule has 0 atom stereocenters. The van der Waals surface area contributed by atoms with Gasteiger partial charge in [-0.25, -0.2) is 23.1 Å². The first-order valence-corrected chi connectivity index (χ1v) is 8.82. The summed E-state index contributed by atoms with van der Waals surface area (Å²) < 4.78 is 29.4. The molecule has 2 heterocycles. The molecule has 0 unspecified atom stereocenters. The average Bonchev–Trinajstić information content (AvgIpc) is 2.81. The van der Waals surface area contributed by atoms with Gasteiger partial charge in [0.1, 0.15) is 0 Å². The minimum absolute atomic E-state index is 0.00525. The molecule has 7 nitrogen and oxygen atoms in total. The second-order valence-electron chi connectivity index (χ2n) is 6.29. The van der Waals surface area contributed by atoms with Crippen molar-refractivity contribution in [2.75, 3.05) is 12.4 Å². The molecule has 122 valence electrons. The zero-order chi connectivity index (χ0) is 16.4. The van der Waals surface area contributed by atoms with Crippen LogP contribution in [0.1, 0.15) is 32.3 Å². The van der Waals surface area contributed by atoms with Crippen LogP contribution in [0.3, 0.4) is 0 Å². The Balaban J connectivity index is 1.96. The number of hydrogen-bond donors (Lipinski definition) is 1. The first kappa shape index (κ1) is 16.7. The van der Waals surface area contributed by atoms with Crippen molar-refractivity contribution >= 4 is 15.7 Å². The Bertz CT molecular complexity index is 753. The number of fused-ring (bicyclic) bond motifs is 1. The topological polar surface area (TPSA) is 99.6 Å². The maximum Gasteiger partial charge on any atom is 0.234 e. The summed E-state index contributed by atoms with van der Waals surface area (Å²) in [6.45, 7) is 6.43. The van der Waals surface area contributed by atoms with Crippen molar-refractivity contribution in [3.63, 3.8) is 0 Å². The van der Waals surface area contributed by atoms with Gasteiger partial charge in [0.25, 0.3) is 0 Å². The molecule has 0 aliphatic carbocycles. The van der Waals surface area contributed by atoms with Crippen LogP contribution < -0.4 is 9.88 Å². The third-order valence-electron chi connectivity index (χ3n) is 3.41. The fourth-order valence-electron chi connectivity index (χ4n) is 2.16. The zero-order valence-electron chi connectivity index (χ0n) is 13.1. The highest BCUT2D eigenvalue weighted by Crippen LogP contribution is 2.25. The van der Waals surface area contributed by atoms with E-state index in [1.54, 1.807) is 16.9 Å². The zero-order valence-corrected chi connectivity index (χ0v) is 13.9. The van der Waals surface area contributed by atoms with Crippen molar-refractivity contribution in [3.05, 3.63) is 24.0 Å². The third-order valence-corrected chi connectivity index (χ3v) is 4.27. The van der Waals surface area contributed by atoms with E-state index < -0.39 is 10.0 Å². The molecule has 0 bridgehead atoms. The van der Waals surface area contributed by atoms with E-state index in [-0.39, 0.29) is 11.2 Å². The molecule has 0 aromatic carbocycles. The van der Waals surface area contributed by atoms with E-state index in [0.29, 0.717) is 25.3 Å². The van der Waals surface area contributed by atoms with Crippen LogP contribution in [-0.4, -0.2) is 35.4 Å². The predicted molar refractivity (Wildman–Crippen MR) is 84.2 cm³/mol. The summed E-state index contributed by atoms with van der Waals surface area (Å²) in [6, 6.07) is 1.91. The van der Waals surface area contributed by atoms with Gasteiger partial charge in [0.2, 0.25) is 15.9 Å². The molecule has 0 saturated heterocycles. The van der Waals surface area contributed by atoms with E-state index >= 15 is 0 Å². The van der Waals surface area contributed by atoms with Crippen molar-refractivity contribution in [1.82, 2.24) is 14.6 Å². The Morgan fingerprint density at radius 1 is 1.41 bits per heavy atom. The number of hydrogen-bond acceptors (Lipinski definition) is 5. The molecule has 22 heavy (non-hydrogen) atoms. The number of nitrogens with zero attached hydrogens (tertiary/aromatic N) is 3. The highest BCUT2D eigenvalue weighted by molar-refractivity contribution is 7.89. The van der Waals surface area contributed by atoms with E-state index in [2.05, 4.69) is 10.1 Å². The molecule has 0 radical (unpaired) electrons. The van der Waals surface area contributed by atoms with Gasteiger partial charge in [0.05, 0.1) is 12.4 Å². The van der Waals surface area contributed by atoms with Crippen LogP contribution in [0, 0.1) is 12.3 Å². The Labute approximate surface area is 130 Å². The van der Waals surface area contributed by atoms with Crippen LogP contribution in [0.5, 0.6) is 5.88 Å². The highest BCUT2D eigenvalue weighted by atomic mass is 32.2. The number of imidazole rings is 1. The summed E-state index contributed by atoms with van der Waals surface area (Å²) in [5, 5.41) is 9.39. The van der Waals surface area contributed by atoms with Gasteiger partial charge in [-0.15, -0.1) is 5.10 Å². The molecule has 2 rings (SSSR count). The van der Waals surface area contributed by atoms with Crippen LogP contribution >= 0.6 is 0 Å². The van der Waals surface area contributed by atoms with Gasteiger partial charge >= 0.3 is 0 Å². The van der Waals surface area contributed by atoms with Crippen molar-refractivity contribution in [3.8, 4) is 5.88 Å². The van der Waals surface area contributed by atoms with E-state index in [4.69, 9.17) is 9.88 Å². The standard InChI is InChI=1S/C14H22N4O3S/c1-11-9-12-16-6-7-18(12)17-13(11)21-10-14(2,3)5-4-8-22(15,19)20/h6-7,9H,4-5,8,10H2,1-3H3,(H2,15,19,20). The van der Waals surface area contributed by atoms with Crippen molar-refractivity contribution in [1.29, 1.82) is 0 Å². The number of aromatic nitrogens is 3. The summed E-state index contributed by atoms with van der Waals surface area (Å²) in [4.78, 5) is 4.17. The molecule has 0 aliphatic rings. The van der Waals surface area contributed by atoms with E-state index in [0.717, 1.165) is 11.2 Å². The minimum Gasteiger partial charge on any atom is -0.476 e. The molecule has 8 heteroatoms. The second-order valence-corrected chi connectivity index (χ2v) is 8.02. The first-order valence-electron chi connectivity index (χ1n) is 7.11. The van der Waals surface area contributed by atoms with Gasteiger partial charge < -0.3 is 4.74 Å². The Morgan fingerprint density at radius 2 is 2.14 bits per heavy atom. The summed E-state index contributed by atoms with van der Waals surface area (Å²) in [5.41, 5.74) is 1.53. The van der Waals surface area contributed by atoms with Gasteiger partial charge in [-0.3, -0.25) is 0 Å². The molecule has 0 saturated carbocycles. The quantitative estimate of drug-likeness (QED) is 0.831. The monoisotopic (exact) mass is 326 g/mol. The number of sulfonamides is 1. The predicted octanol–water partition coefficient (Wildman–Crippen LogP) is 1.51. The molecule has 2 aromatic heterocycles. The average molecular weight is 326 g/mol. The first-order chi connectivity index (χ1) is 10.2. The lowest BCUT2D eigenvalue weighted by Crippen LogP contribution is -2.24.